The summed E-state index contributed by atoms with van der Waals surface area (Å²) >= 11 is 0. The van der Waals surface area contributed by atoms with E-state index in [0.29, 0.717) is 0 Å². The second-order valence-corrected chi connectivity index (χ2v) is 7.82. The summed E-state index contributed by atoms with van der Waals surface area (Å²) in [6, 6.07) is 10.9. The zero-order valence-electron chi connectivity index (χ0n) is 19.3. The van der Waals surface area contributed by atoms with Gasteiger partial charge in [-0.3, -0.25) is 0 Å². The first kappa shape index (κ1) is 36.1. The van der Waals surface area contributed by atoms with E-state index in [4.69, 9.17) is 11.5 Å². The first-order valence-corrected chi connectivity index (χ1v) is 10.1. The summed E-state index contributed by atoms with van der Waals surface area (Å²) in [5.41, 5.74) is 15.5. The molecule has 0 heterocycles. The van der Waals surface area contributed by atoms with E-state index in [2.05, 4.69) is 0 Å². The molecule has 186 valence electrons. The molecule has 2 aromatic rings. The van der Waals surface area contributed by atoms with Gasteiger partial charge in [0.15, 0.2) is 0 Å². The second-order valence-electron chi connectivity index (χ2n) is 7.82. The fourth-order valence-electron chi connectivity index (χ4n) is 3.27. The molecule has 0 spiro atoms. The normalized spacial score (nSPS) is 16.1. The average molecular weight is 679 g/mol. The Morgan fingerprint density at radius 1 is 0.727 bits per heavy atom. The van der Waals surface area contributed by atoms with Crippen molar-refractivity contribution in [2.75, 3.05) is 0 Å². The second kappa shape index (κ2) is 18.0. The molecule has 9 heteroatoms. The van der Waals surface area contributed by atoms with Crippen molar-refractivity contribution in [3.63, 3.8) is 0 Å². The van der Waals surface area contributed by atoms with Gasteiger partial charge in [-0.1, -0.05) is 60.4 Å². The smallest absolute Gasteiger partial charge is 1.00 e. The number of carbonyl (C=O) groups excluding carboxylic acids is 2. The zero-order chi connectivity index (χ0) is 22.8. The third-order valence-corrected chi connectivity index (χ3v) is 5.08. The van der Waals surface area contributed by atoms with Crippen molar-refractivity contribution in [3.8, 4) is 0 Å². The summed E-state index contributed by atoms with van der Waals surface area (Å²) in [5.74, 6) is -2.22. The topological polar surface area (TPSA) is 132 Å². The van der Waals surface area contributed by atoms with Gasteiger partial charge in [0, 0.05) is 23.2 Å². The van der Waals surface area contributed by atoms with Crippen LogP contribution in [0, 0.1) is 27.7 Å². The Morgan fingerprint density at radius 2 is 1.03 bits per heavy atom. The van der Waals surface area contributed by atoms with Crippen molar-refractivity contribution in [1.29, 1.82) is 0 Å². The maximum Gasteiger partial charge on any atom is 4.00 e. The van der Waals surface area contributed by atoms with Crippen LogP contribution in [0.3, 0.4) is 0 Å². The Morgan fingerprint density at radius 3 is 1.24 bits per heavy atom. The molecule has 0 aromatic heterocycles. The molecule has 1 saturated carbocycles. The molecule has 3 rings (SSSR count). The number of carboxylic acids is 2. The van der Waals surface area contributed by atoms with E-state index in [1.54, 1.807) is 38.1 Å². The van der Waals surface area contributed by atoms with Crippen LogP contribution in [0.15, 0.2) is 36.4 Å². The van der Waals surface area contributed by atoms with Gasteiger partial charge in [0.1, 0.15) is 0 Å². The zero-order valence-corrected chi connectivity index (χ0v) is 23.1. The van der Waals surface area contributed by atoms with Crippen molar-refractivity contribution >= 4 is 11.9 Å². The van der Waals surface area contributed by atoms with E-state index in [-0.39, 0.29) is 69.1 Å². The first-order chi connectivity index (χ1) is 14.0. The van der Waals surface area contributed by atoms with Crippen LogP contribution in [0.4, 0.5) is 0 Å². The van der Waals surface area contributed by atoms with Gasteiger partial charge in [-0.05, 0) is 51.7 Å². The van der Waals surface area contributed by atoms with Crippen LogP contribution in [0.2, 0.25) is 0 Å². The Balaban J connectivity index is -0.000000396. The fourth-order valence-corrected chi connectivity index (χ4v) is 3.27. The monoisotopic (exact) mass is 677 g/mol. The van der Waals surface area contributed by atoms with Gasteiger partial charge in [-0.2, -0.15) is 0 Å². The van der Waals surface area contributed by atoms with Gasteiger partial charge < -0.3 is 56.1 Å². The first-order valence-electron chi connectivity index (χ1n) is 10.1. The minimum atomic E-state index is -1.11. The molecule has 0 aliphatic heterocycles. The van der Waals surface area contributed by atoms with E-state index in [1.165, 1.54) is 12.8 Å². The van der Waals surface area contributed by atoms with Crippen molar-refractivity contribution in [1.82, 2.24) is 0 Å². The Kier molecular flexibility index (Phi) is 19.7. The molecule has 0 radical (unpaired) electrons. The SMILES string of the molecule is Cc1ccc(C(=O)[O-])c(C)c1.Cc1ccc(C(=O)[O-])c(C)c1.N[C@@H]1CCCC[C@H]1N.[Cl-].[Cl-].[Pt+4]. The van der Waals surface area contributed by atoms with E-state index in [1.807, 2.05) is 26.0 Å². The predicted octanol–water partition coefficient (Wildman–Crippen LogP) is -4.45. The molecule has 0 amide bonds. The van der Waals surface area contributed by atoms with Crippen molar-refractivity contribution in [3.05, 3.63) is 69.8 Å². The van der Waals surface area contributed by atoms with Gasteiger partial charge in [0.05, 0.1) is 11.9 Å². The van der Waals surface area contributed by atoms with Gasteiger partial charge in [-0.25, -0.2) is 0 Å². The number of rotatable bonds is 2. The van der Waals surface area contributed by atoms with Gasteiger partial charge in [-0.15, -0.1) is 0 Å². The van der Waals surface area contributed by atoms with Crippen LogP contribution in [0.5, 0.6) is 0 Å². The largest absolute Gasteiger partial charge is 4.00 e. The number of benzene rings is 2. The molecular weight excluding hydrogens is 646 g/mol. The number of aryl methyl sites for hydroxylation is 4. The number of carboxylic acid groups (broad SMARTS) is 2. The number of hydrogen-bond acceptors (Lipinski definition) is 6. The molecule has 0 bridgehead atoms. The van der Waals surface area contributed by atoms with Crippen LogP contribution < -0.4 is 46.5 Å². The minimum Gasteiger partial charge on any atom is -1.00 e. The summed E-state index contributed by atoms with van der Waals surface area (Å²) in [4.78, 5) is 20.8. The third-order valence-electron chi connectivity index (χ3n) is 5.08. The van der Waals surface area contributed by atoms with Crippen LogP contribution in [0.1, 0.15) is 68.7 Å². The molecule has 0 saturated heterocycles. The summed E-state index contributed by atoms with van der Waals surface area (Å²) in [6.07, 6.45) is 4.80. The molecule has 1 aliphatic carbocycles. The van der Waals surface area contributed by atoms with Crippen LogP contribution >= 0.6 is 0 Å². The minimum absolute atomic E-state index is 0. The maximum absolute atomic E-state index is 10.4. The van der Waals surface area contributed by atoms with Gasteiger partial charge >= 0.3 is 21.1 Å². The summed E-state index contributed by atoms with van der Waals surface area (Å²) in [6.45, 7) is 7.37. The number of aromatic carboxylic acids is 2. The third kappa shape index (κ3) is 13.1. The number of carbonyl (C=O) groups is 2. The van der Waals surface area contributed by atoms with E-state index in [0.717, 1.165) is 35.1 Å². The molecule has 0 unspecified atom stereocenters. The molecule has 6 nitrogen and oxygen atoms in total. The summed E-state index contributed by atoms with van der Waals surface area (Å²) in [5, 5.41) is 20.8. The van der Waals surface area contributed by atoms with Gasteiger partial charge in [0.25, 0.3) is 0 Å². The van der Waals surface area contributed by atoms with Crippen LogP contribution in [-0.2, 0) is 21.1 Å². The molecule has 1 aliphatic rings. The summed E-state index contributed by atoms with van der Waals surface area (Å²) < 4.78 is 0. The maximum atomic E-state index is 10.4. The Labute approximate surface area is 223 Å². The molecular formula is C24H32Cl2N2O4Pt. The molecule has 1 fully saturated rings. The van der Waals surface area contributed by atoms with Crippen molar-refractivity contribution in [2.24, 2.45) is 11.5 Å². The predicted molar refractivity (Wildman–Crippen MR) is 115 cm³/mol. The Hall–Kier alpha value is -1.43. The van der Waals surface area contributed by atoms with E-state index < -0.39 is 11.9 Å². The van der Waals surface area contributed by atoms with Crippen LogP contribution in [0.25, 0.3) is 0 Å². The quantitative estimate of drug-likeness (QED) is 0.330. The van der Waals surface area contributed by atoms with Gasteiger partial charge in [0.2, 0.25) is 0 Å². The number of halogens is 2. The molecule has 4 N–H and O–H groups in total. The molecule has 33 heavy (non-hydrogen) atoms. The van der Waals surface area contributed by atoms with E-state index in [9.17, 15) is 19.8 Å². The average Bonchev–Trinajstić information content (AvgIpc) is 2.64. The van der Waals surface area contributed by atoms with Crippen molar-refractivity contribution < 1.29 is 65.7 Å². The van der Waals surface area contributed by atoms with Crippen molar-refractivity contribution in [2.45, 2.75) is 65.5 Å². The standard InChI is InChI=1S/2C9H10O2.C6H14N2.2ClH.Pt/c2*1-6-3-4-8(9(10)11)7(2)5-6;7-5-3-1-2-4-6(5)8;;;/h2*3-5H,1-2H3,(H,10,11);5-6H,1-4,7-8H2;2*1H;/q;;;;;+4/p-4/t;;5-,6-;;;/m..1.../s1. The fraction of sp³-hybridized carbons (Fsp3) is 0.417. The molecule has 2 aromatic carbocycles. The number of hydrogen-bond donors (Lipinski definition) is 2. The number of nitrogens with two attached hydrogens (primary N) is 2. The Bertz CT molecular complexity index is 810. The summed E-state index contributed by atoms with van der Waals surface area (Å²) in [7, 11) is 0. The van der Waals surface area contributed by atoms with Crippen LogP contribution in [-0.4, -0.2) is 24.0 Å². The molecule has 2 atom stereocenters. The van der Waals surface area contributed by atoms with E-state index >= 15 is 0 Å².